The average Bonchev–Trinajstić information content (AvgIpc) is 2.86. The first-order chi connectivity index (χ1) is 9.62. The molecule has 20 heavy (non-hydrogen) atoms. The van der Waals surface area contributed by atoms with Crippen molar-refractivity contribution in [1.82, 2.24) is 15.6 Å². The summed E-state index contributed by atoms with van der Waals surface area (Å²) in [6.45, 7) is 1.43. The highest BCUT2D eigenvalue weighted by Gasteiger charge is 2.39. The molecule has 1 aliphatic rings. The molecular formula is C13H16N4O2S. The molecule has 2 aromatic heterocycles. The minimum Gasteiger partial charge on any atom is -0.465 e. The Labute approximate surface area is 120 Å². The van der Waals surface area contributed by atoms with Crippen LogP contribution < -0.4 is 16.4 Å². The minimum atomic E-state index is -1.03. The first-order valence-corrected chi connectivity index (χ1v) is 7.34. The van der Waals surface area contributed by atoms with Gasteiger partial charge in [0.2, 0.25) is 0 Å². The Hall–Kier alpha value is -1.86. The molecule has 106 valence electrons. The summed E-state index contributed by atoms with van der Waals surface area (Å²) in [6, 6.07) is 1.92. The van der Waals surface area contributed by atoms with Crippen LogP contribution in [0.3, 0.4) is 0 Å². The van der Waals surface area contributed by atoms with E-state index in [1.54, 1.807) is 17.5 Å². The lowest BCUT2D eigenvalue weighted by Gasteiger charge is -2.38. The van der Waals surface area contributed by atoms with Gasteiger partial charge in [-0.3, -0.25) is 4.98 Å². The number of pyridine rings is 1. The van der Waals surface area contributed by atoms with Crippen LogP contribution in [0.15, 0.2) is 17.6 Å². The Morgan fingerprint density at radius 3 is 3.15 bits per heavy atom. The first kappa shape index (κ1) is 13.1. The second kappa shape index (κ2) is 4.92. The van der Waals surface area contributed by atoms with E-state index in [4.69, 9.17) is 5.73 Å². The molecular weight excluding hydrogens is 276 g/mol. The second-order valence-electron chi connectivity index (χ2n) is 5.02. The van der Waals surface area contributed by atoms with Crippen molar-refractivity contribution in [1.29, 1.82) is 0 Å². The molecule has 0 unspecified atom stereocenters. The number of piperidine rings is 1. The number of hydrogen-bond acceptors (Lipinski definition) is 5. The Balaban J connectivity index is 2.20. The molecule has 5 N–H and O–H groups in total. The van der Waals surface area contributed by atoms with Crippen molar-refractivity contribution in [3.63, 3.8) is 0 Å². The normalized spacial score (nSPS) is 22.8. The summed E-state index contributed by atoms with van der Waals surface area (Å²) in [5.41, 5.74) is 7.69. The largest absolute Gasteiger partial charge is 0.465 e. The SMILES string of the molecule is Nc1cnc2ccsc2c1[C@@]1(NC(=O)O)CCCNC1. The van der Waals surface area contributed by atoms with Gasteiger partial charge in [0.15, 0.2) is 0 Å². The molecule has 1 fully saturated rings. The zero-order valence-corrected chi connectivity index (χ0v) is 11.7. The lowest BCUT2D eigenvalue weighted by atomic mass is 9.82. The number of carboxylic acid groups (broad SMARTS) is 1. The maximum atomic E-state index is 11.2. The molecule has 0 bridgehead atoms. The van der Waals surface area contributed by atoms with Gasteiger partial charge in [-0.15, -0.1) is 11.3 Å². The predicted molar refractivity (Wildman–Crippen MR) is 79.0 cm³/mol. The van der Waals surface area contributed by atoms with Gasteiger partial charge in [-0.25, -0.2) is 4.79 Å². The lowest BCUT2D eigenvalue weighted by molar-refractivity contribution is 0.167. The van der Waals surface area contributed by atoms with Crippen LogP contribution >= 0.6 is 11.3 Å². The van der Waals surface area contributed by atoms with Gasteiger partial charge in [-0.2, -0.15) is 0 Å². The Morgan fingerprint density at radius 1 is 1.60 bits per heavy atom. The third-order valence-corrected chi connectivity index (χ3v) is 4.63. The molecule has 1 saturated heterocycles. The second-order valence-corrected chi connectivity index (χ2v) is 5.93. The zero-order valence-electron chi connectivity index (χ0n) is 10.8. The molecule has 3 heterocycles. The number of fused-ring (bicyclic) bond motifs is 1. The van der Waals surface area contributed by atoms with Crippen molar-refractivity contribution in [3.05, 3.63) is 23.2 Å². The molecule has 1 amide bonds. The van der Waals surface area contributed by atoms with Crippen molar-refractivity contribution in [2.24, 2.45) is 0 Å². The third kappa shape index (κ3) is 2.08. The Bertz CT molecular complexity index is 649. The number of thiophene rings is 1. The summed E-state index contributed by atoms with van der Waals surface area (Å²) in [5.74, 6) is 0. The van der Waals surface area contributed by atoms with Crippen molar-refractivity contribution in [2.45, 2.75) is 18.4 Å². The van der Waals surface area contributed by atoms with Crippen LogP contribution in [0.4, 0.5) is 10.5 Å². The van der Waals surface area contributed by atoms with E-state index in [1.807, 2.05) is 11.4 Å². The van der Waals surface area contributed by atoms with E-state index in [2.05, 4.69) is 15.6 Å². The fourth-order valence-electron chi connectivity index (χ4n) is 2.91. The number of nitrogens with two attached hydrogens (primary N) is 1. The quantitative estimate of drug-likeness (QED) is 0.675. The van der Waals surface area contributed by atoms with Crippen LogP contribution in [-0.4, -0.2) is 29.3 Å². The molecule has 0 spiro atoms. The number of nitrogens with one attached hydrogen (secondary N) is 2. The Kier molecular flexibility index (Phi) is 3.23. The zero-order chi connectivity index (χ0) is 14.2. The molecule has 0 radical (unpaired) electrons. The van der Waals surface area contributed by atoms with Crippen LogP contribution in [-0.2, 0) is 5.54 Å². The predicted octanol–water partition coefficient (Wildman–Crippen LogP) is 1.72. The molecule has 6 nitrogen and oxygen atoms in total. The van der Waals surface area contributed by atoms with Crippen LogP contribution in [0.1, 0.15) is 18.4 Å². The standard InChI is InChI=1S/C13H16N4O2S/c14-8-6-16-9-2-5-20-11(9)10(8)13(17-12(18)19)3-1-4-15-7-13/h2,5-6,15,17H,1,3-4,7,14H2,(H,18,19)/t13-/m1/s1. The summed E-state index contributed by atoms with van der Waals surface area (Å²) in [5, 5.41) is 17.1. The van der Waals surface area contributed by atoms with Crippen LogP contribution in [0.25, 0.3) is 10.2 Å². The van der Waals surface area contributed by atoms with Gasteiger partial charge in [-0.1, -0.05) is 0 Å². The number of aromatic nitrogens is 1. The number of nitrogens with zero attached hydrogens (tertiary/aromatic N) is 1. The first-order valence-electron chi connectivity index (χ1n) is 6.46. The third-order valence-electron chi connectivity index (χ3n) is 3.71. The summed E-state index contributed by atoms with van der Waals surface area (Å²) < 4.78 is 0.961. The van der Waals surface area contributed by atoms with Gasteiger partial charge < -0.3 is 21.5 Å². The number of carbonyl (C=O) groups is 1. The van der Waals surface area contributed by atoms with Gasteiger partial charge in [0.1, 0.15) is 0 Å². The van der Waals surface area contributed by atoms with Gasteiger partial charge in [0.05, 0.1) is 27.6 Å². The number of hydrogen-bond donors (Lipinski definition) is 4. The summed E-state index contributed by atoms with van der Waals surface area (Å²) in [6.07, 6.45) is 2.21. The van der Waals surface area contributed by atoms with E-state index in [1.165, 1.54) is 0 Å². The van der Waals surface area contributed by atoms with Crippen LogP contribution in [0.2, 0.25) is 0 Å². The van der Waals surface area contributed by atoms with E-state index in [0.717, 1.165) is 35.2 Å². The summed E-state index contributed by atoms with van der Waals surface area (Å²) in [4.78, 5) is 15.5. The smallest absolute Gasteiger partial charge is 0.405 e. The van der Waals surface area contributed by atoms with E-state index >= 15 is 0 Å². The maximum Gasteiger partial charge on any atom is 0.405 e. The Morgan fingerprint density at radius 2 is 2.45 bits per heavy atom. The topological polar surface area (TPSA) is 100 Å². The molecule has 7 heteroatoms. The van der Waals surface area contributed by atoms with Crippen LogP contribution in [0, 0.1) is 0 Å². The average molecular weight is 292 g/mol. The highest BCUT2D eigenvalue weighted by Crippen LogP contribution is 2.39. The van der Waals surface area contributed by atoms with E-state index < -0.39 is 11.6 Å². The number of nitrogen functional groups attached to an aromatic ring is 1. The van der Waals surface area contributed by atoms with E-state index in [0.29, 0.717) is 12.2 Å². The maximum absolute atomic E-state index is 11.2. The molecule has 2 aromatic rings. The highest BCUT2D eigenvalue weighted by molar-refractivity contribution is 7.17. The molecule has 1 atom stereocenters. The monoisotopic (exact) mass is 292 g/mol. The van der Waals surface area contributed by atoms with Gasteiger partial charge in [-0.05, 0) is 30.8 Å². The minimum absolute atomic E-state index is 0.539. The van der Waals surface area contributed by atoms with Crippen molar-refractivity contribution >= 4 is 33.3 Å². The molecule has 0 aromatic carbocycles. The molecule has 0 saturated carbocycles. The van der Waals surface area contributed by atoms with Crippen LogP contribution in [0.5, 0.6) is 0 Å². The fourth-order valence-corrected chi connectivity index (χ4v) is 3.92. The fraction of sp³-hybridized carbons (Fsp3) is 0.385. The van der Waals surface area contributed by atoms with E-state index in [-0.39, 0.29) is 0 Å². The lowest BCUT2D eigenvalue weighted by Crippen LogP contribution is -2.55. The highest BCUT2D eigenvalue weighted by atomic mass is 32.1. The molecule has 1 aliphatic heterocycles. The van der Waals surface area contributed by atoms with Crippen molar-refractivity contribution in [3.8, 4) is 0 Å². The molecule has 3 rings (SSSR count). The van der Waals surface area contributed by atoms with Gasteiger partial charge in [0.25, 0.3) is 0 Å². The summed E-state index contributed by atoms with van der Waals surface area (Å²) >= 11 is 1.54. The molecule has 0 aliphatic carbocycles. The number of amides is 1. The van der Waals surface area contributed by atoms with Gasteiger partial charge in [0, 0.05) is 12.1 Å². The number of rotatable bonds is 2. The summed E-state index contributed by atoms with van der Waals surface area (Å²) in [7, 11) is 0. The van der Waals surface area contributed by atoms with Crippen molar-refractivity contribution < 1.29 is 9.90 Å². The van der Waals surface area contributed by atoms with Crippen molar-refractivity contribution in [2.75, 3.05) is 18.8 Å². The van der Waals surface area contributed by atoms with Gasteiger partial charge >= 0.3 is 6.09 Å². The number of anilines is 1. The van der Waals surface area contributed by atoms with E-state index in [9.17, 15) is 9.90 Å².